The molecule has 1 aromatic rings. The Labute approximate surface area is 127 Å². The number of rotatable bonds is 5. The van der Waals surface area contributed by atoms with Crippen molar-refractivity contribution in [2.75, 3.05) is 6.61 Å². The Bertz CT molecular complexity index is 411. The maximum absolute atomic E-state index is 10.8. The zero-order chi connectivity index (χ0) is 14.4. The zero-order valence-electron chi connectivity index (χ0n) is 12.3. The van der Waals surface area contributed by atoms with Crippen LogP contribution in [-0.4, -0.2) is 23.4 Å². The van der Waals surface area contributed by atoms with Gasteiger partial charge in [0.05, 0.1) is 11.7 Å². The fraction of sp³-hybridized carbons (Fsp3) is 0.647. The third kappa shape index (κ3) is 3.97. The van der Waals surface area contributed by atoms with Crippen molar-refractivity contribution in [1.29, 1.82) is 0 Å². The number of benzene rings is 1. The van der Waals surface area contributed by atoms with Crippen LogP contribution >= 0.6 is 11.6 Å². The van der Waals surface area contributed by atoms with Gasteiger partial charge in [-0.05, 0) is 37.5 Å². The summed E-state index contributed by atoms with van der Waals surface area (Å²) in [6.07, 6.45) is 6.86. The summed E-state index contributed by atoms with van der Waals surface area (Å²) >= 11 is 6.02. The second-order valence-corrected chi connectivity index (χ2v) is 6.20. The third-order valence-electron chi connectivity index (χ3n) is 4.31. The van der Waals surface area contributed by atoms with Crippen LogP contribution in [0.2, 0.25) is 5.02 Å². The first-order valence-corrected chi connectivity index (χ1v) is 8.10. The molecule has 1 atom stereocenters. The minimum Gasteiger partial charge on any atom is -0.390 e. The molecule has 0 aliphatic heterocycles. The van der Waals surface area contributed by atoms with Gasteiger partial charge in [-0.15, -0.1) is 0 Å². The van der Waals surface area contributed by atoms with Crippen LogP contribution in [0.4, 0.5) is 0 Å². The smallest absolute Gasteiger partial charge is 0.0943 e. The third-order valence-corrected chi connectivity index (χ3v) is 4.54. The first-order chi connectivity index (χ1) is 9.66. The summed E-state index contributed by atoms with van der Waals surface area (Å²) in [5.41, 5.74) is 0.710. The van der Waals surface area contributed by atoms with Crippen LogP contribution in [0.25, 0.3) is 0 Å². The van der Waals surface area contributed by atoms with Crippen molar-refractivity contribution >= 4 is 11.6 Å². The second-order valence-electron chi connectivity index (χ2n) is 5.76. The SMILES string of the molecule is CCOC1(C(O)Cc2cccc(Cl)c2)CCCCCC1. The second kappa shape index (κ2) is 7.44. The molecule has 1 aromatic carbocycles. The molecule has 0 amide bonds. The number of halogens is 1. The summed E-state index contributed by atoms with van der Waals surface area (Å²) in [6.45, 7) is 2.67. The first-order valence-electron chi connectivity index (χ1n) is 7.73. The molecule has 1 saturated carbocycles. The number of hydrogen-bond donors (Lipinski definition) is 1. The molecule has 3 heteroatoms. The number of aliphatic hydroxyl groups excluding tert-OH is 1. The lowest BCUT2D eigenvalue weighted by molar-refractivity contribution is -0.128. The molecule has 2 nitrogen and oxygen atoms in total. The van der Waals surface area contributed by atoms with E-state index in [2.05, 4.69) is 0 Å². The number of hydrogen-bond acceptors (Lipinski definition) is 2. The predicted octanol–water partition coefficient (Wildman–Crippen LogP) is 4.37. The Kier molecular flexibility index (Phi) is 5.88. The van der Waals surface area contributed by atoms with Gasteiger partial charge in [0.1, 0.15) is 0 Å². The van der Waals surface area contributed by atoms with Crippen molar-refractivity contribution in [2.24, 2.45) is 0 Å². The molecule has 112 valence electrons. The molecular weight excluding hydrogens is 272 g/mol. The van der Waals surface area contributed by atoms with Gasteiger partial charge in [-0.3, -0.25) is 0 Å². The van der Waals surface area contributed by atoms with E-state index in [1.807, 2.05) is 31.2 Å². The first kappa shape index (κ1) is 15.8. The van der Waals surface area contributed by atoms with Crippen LogP contribution in [0.5, 0.6) is 0 Å². The Morgan fingerprint density at radius 3 is 2.55 bits per heavy atom. The van der Waals surface area contributed by atoms with Crippen molar-refractivity contribution in [1.82, 2.24) is 0 Å². The van der Waals surface area contributed by atoms with E-state index in [1.54, 1.807) is 0 Å². The molecule has 2 rings (SSSR count). The Balaban J connectivity index is 2.11. The van der Waals surface area contributed by atoms with Crippen LogP contribution in [0.3, 0.4) is 0 Å². The predicted molar refractivity (Wildman–Crippen MR) is 83.2 cm³/mol. The fourth-order valence-electron chi connectivity index (χ4n) is 3.26. The van der Waals surface area contributed by atoms with Crippen LogP contribution in [0.15, 0.2) is 24.3 Å². The van der Waals surface area contributed by atoms with E-state index >= 15 is 0 Å². The highest BCUT2D eigenvalue weighted by atomic mass is 35.5. The largest absolute Gasteiger partial charge is 0.390 e. The van der Waals surface area contributed by atoms with Gasteiger partial charge in [0.2, 0.25) is 0 Å². The van der Waals surface area contributed by atoms with E-state index < -0.39 is 6.10 Å². The Morgan fingerprint density at radius 2 is 1.95 bits per heavy atom. The number of aliphatic hydroxyl groups is 1. The van der Waals surface area contributed by atoms with Crippen molar-refractivity contribution in [3.63, 3.8) is 0 Å². The van der Waals surface area contributed by atoms with E-state index in [0.29, 0.717) is 13.0 Å². The topological polar surface area (TPSA) is 29.5 Å². The van der Waals surface area contributed by atoms with Crippen LogP contribution in [0.1, 0.15) is 51.0 Å². The quantitative estimate of drug-likeness (QED) is 0.818. The van der Waals surface area contributed by atoms with Gasteiger partial charge < -0.3 is 9.84 Å². The van der Waals surface area contributed by atoms with Gasteiger partial charge in [-0.1, -0.05) is 49.4 Å². The summed E-state index contributed by atoms with van der Waals surface area (Å²) in [5.74, 6) is 0. The Hall–Kier alpha value is -0.570. The summed E-state index contributed by atoms with van der Waals surface area (Å²) in [6, 6.07) is 7.75. The van der Waals surface area contributed by atoms with E-state index in [1.165, 1.54) is 12.8 Å². The van der Waals surface area contributed by atoms with Crippen LogP contribution in [0, 0.1) is 0 Å². The van der Waals surface area contributed by atoms with E-state index in [-0.39, 0.29) is 5.60 Å². The van der Waals surface area contributed by atoms with Crippen LogP contribution < -0.4 is 0 Å². The average Bonchev–Trinajstić information content (AvgIpc) is 2.66. The molecule has 1 N–H and O–H groups in total. The van der Waals surface area contributed by atoms with E-state index in [0.717, 1.165) is 36.3 Å². The van der Waals surface area contributed by atoms with Gasteiger partial charge in [-0.2, -0.15) is 0 Å². The zero-order valence-corrected chi connectivity index (χ0v) is 13.0. The lowest BCUT2D eigenvalue weighted by Crippen LogP contribution is -2.46. The highest BCUT2D eigenvalue weighted by molar-refractivity contribution is 6.30. The highest BCUT2D eigenvalue weighted by Gasteiger charge is 2.38. The number of ether oxygens (including phenoxy) is 1. The van der Waals surface area contributed by atoms with Gasteiger partial charge in [0.25, 0.3) is 0 Å². The molecule has 20 heavy (non-hydrogen) atoms. The molecule has 1 aliphatic carbocycles. The molecule has 1 unspecified atom stereocenters. The summed E-state index contributed by atoms with van der Waals surface area (Å²) in [4.78, 5) is 0. The highest BCUT2D eigenvalue weighted by Crippen LogP contribution is 2.35. The van der Waals surface area contributed by atoms with E-state index in [4.69, 9.17) is 16.3 Å². The van der Waals surface area contributed by atoms with Gasteiger partial charge >= 0.3 is 0 Å². The molecule has 0 heterocycles. The van der Waals surface area contributed by atoms with E-state index in [9.17, 15) is 5.11 Å². The lowest BCUT2D eigenvalue weighted by atomic mass is 9.84. The van der Waals surface area contributed by atoms with Crippen molar-refractivity contribution in [2.45, 2.75) is 63.6 Å². The monoisotopic (exact) mass is 296 g/mol. The summed E-state index contributed by atoms with van der Waals surface area (Å²) in [5, 5.41) is 11.5. The van der Waals surface area contributed by atoms with Gasteiger partial charge in [0.15, 0.2) is 0 Å². The lowest BCUT2D eigenvalue weighted by Gasteiger charge is -2.37. The van der Waals surface area contributed by atoms with Gasteiger partial charge in [-0.25, -0.2) is 0 Å². The molecule has 0 radical (unpaired) electrons. The molecule has 0 aromatic heterocycles. The maximum Gasteiger partial charge on any atom is 0.0943 e. The Morgan fingerprint density at radius 1 is 1.25 bits per heavy atom. The van der Waals surface area contributed by atoms with Crippen LogP contribution in [-0.2, 0) is 11.2 Å². The normalized spacial score (nSPS) is 20.4. The summed E-state index contributed by atoms with van der Waals surface area (Å²) in [7, 11) is 0. The molecule has 0 spiro atoms. The minimum atomic E-state index is -0.459. The molecular formula is C17H25ClO2. The molecule has 1 aliphatic rings. The fourth-order valence-corrected chi connectivity index (χ4v) is 3.47. The van der Waals surface area contributed by atoms with Crippen molar-refractivity contribution in [3.05, 3.63) is 34.9 Å². The minimum absolute atomic E-state index is 0.367. The molecule has 0 bridgehead atoms. The average molecular weight is 297 g/mol. The molecule has 1 fully saturated rings. The standard InChI is InChI=1S/C17H25ClO2/c1-2-20-17(10-5-3-4-6-11-17)16(19)13-14-8-7-9-15(18)12-14/h7-9,12,16,19H,2-6,10-11,13H2,1H3. The van der Waals surface area contributed by atoms with Crippen molar-refractivity contribution < 1.29 is 9.84 Å². The van der Waals surface area contributed by atoms with Gasteiger partial charge in [0, 0.05) is 18.1 Å². The molecule has 0 saturated heterocycles. The van der Waals surface area contributed by atoms with Crippen molar-refractivity contribution in [3.8, 4) is 0 Å². The summed E-state index contributed by atoms with van der Waals surface area (Å²) < 4.78 is 6.03. The maximum atomic E-state index is 10.8.